The molecule has 5 heteroatoms. The second kappa shape index (κ2) is 7.86. The molecular formula is C22H22N3OS+. The number of quaternary nitrogens is 1. The van der Waals surface area contributed by atoms with E-state index in [-0.39, 0.29) is 11.6 Å². The van der Waals surface area contributed by atoms with Crippen LogP contribution >= 0.6 is 11.3 Å². The predicted molar refractivity (Wildman–Crippen MR) is 111 cm³/mol. The molecule has 0 aliphatic rings. The van der Waals surface area contributed by atoms with Crippen LogP contribution in [-0.4, -0.2) is 16.5 Å². The molecule has 4 aromatic rings. The smallest absolute Gasteiger partial charge is 0.260 e. The van der Waals surface area contributed by atoms with Gasteiger partial charge in [-0.3, -0.25) is 4.79 Å². The van der Waals surface area contributed by atoms with Crippen LogP contribution in [0.15, 0.2) is 70.8 Å². The van der Waals surface area contributed by atoms with E-state index in [0.717, 1.165) is 34.7 Å². The van der Waals surface area contributed by atoms with Crippen LogP contribution in [0.5, 0.6) is 0 Å². The van der Waals surface area contributed by atoms with Crippen molar-refractivity contribution in [2.24, 2.45) is 0 Å². The summed E-state index contributed by atoms with van der Waals surface area (Å²) in [5.41, 5.74) is 3.27. The zero-order valence-corrected chi connectivity index (χ0v) is 16.0. The third-order valence-electron chi connectivity index (χ3n) is 4.77. The summed E-state index contributed by atoms with van der Waals surface area (Å²) >= 11 is 1.53. The van der Waals surface area contributed by atoms with Crippen molar-refractivity contribution in [3.8, 4) is 11.1 Å². The summed E-state index contributed by atoms with van der Waals surface area (Å²) in [6.45, 7) is 3.04. The number of nitrogens with one attached hydrogen (secondary N) is 1. The first kappa shape index (κ1) is 17.6. The first-order chi connectivity index (χ1) is 13.2. The average Bonchev–Trinajstić information content (AvgIpc) is 3.14. The van der Waals surface area contributed by atoms with Crippen molar-refractivity contribution >= 4 is 21.6 Å². The van der Waals surface area contributed by atoms with Gasteiger partial charge in [-0.1, -0.05) is 60.7 Å². The quantitative estimate of drug-likeness (QED) is 0.541. The summed E-state index contributed by atoms with van der Waals surface area (Å²) in [4.78, 5) is 21.3. The van der Waals surface area contributed by atoms with Gasteiger partial charge in [-0.05, 0) is 18.1 Å². The second-order valence-corrected chi connectivity index (χ2v) is 7.55. The molecule has 3 N–H and O–H groups in total. The molecule has 2 heterocycles. The molecule has 0 aliphatic carbocycles. The van der Waals surface area contributed by atoms with Crippen molar-refractivity contribution in [3.63, 3.8) is 0 Å². The molecule has 0 aliphatic heterocycles. The standard InChI is InChI=1S/C22H21N3OS/c1-15(23-13-12-16-8-4-2-5-9-16)20-24-21(26)19-18(14-27-22(19)25-20)17-10-6-3-7-11-17/h2-11,14-15,23H,12-13H2,1H3,(H,24,25,26)/p+1/t15-/m1/s1. The third-order valence-corrected chi connectivity index (χ3v) is 5.65. The maximum Gasteiger partial charge on any atom is 0.260 e. The molecule has 0 amide bonds. The lowest BCUT2D eigenvalue weighted by Gasteiger charge is -2.10. The fourth-order valence-electron chi connectivity index (χ4n) is 3.27. The highest BCUT2D eigenvalue weighted by atomic mass is 32.1. The van der Waals surface area contributed by atoms with Crippen molar-refractivity contribution in [2.45, 2.75) is 19.4 Å². The number of fused-ring (bicyclic) bond motifs is 1. The molecule has 2 aromatic heterocycles. The number of nitrogens with zero attached hydrogens (tertiary/aromatic N) is 1. The monoisotopic (exact) mass is 376 g/mol. The summed E-state index contributed by atoms with van der Waals surface area (Å²) in [7, 11) is 0. The SMILES string of the molecule is C[C@@H]([NH2+]CCc1ccccc1)c1nc2scc(-c3ccccc3)c2c(=O)[nH]1. The van der Waals surface area contributed by atoms with Crippen LogP contribution in [0.3, 0.4) is 0 Å². The number of aromatic nitrogens is 2. The van der Waals surface area contributed by atoms with Crippen LogP contribution < -0.4 is 10.9 Å². The molecule has 0 spiro atoms. The van der Waals surface area contributed by atoms with Crippen molar-refractivity contribution in [3.05, 3.63) is 87.8 Å². The molecule has 0 radical (unpaired) electrons. The van der Waals surface area contributed by atoms with Crippen LogP contribution in [0.1, 0.15) is 24.4 Å². The predicted octanol–water partition coefficient (Wildman–Crippen LogP) is 3.52. The van der Waals surface area contributed by atoms with E-state index in [0.29, 0.717) is 5.39 Å². The Morgan fingerprint density at radius 2 is 1.78 bits per heavy atom. The van der Waals surface area contributed by atoms with Gasteiger partial charge in [0, 0.05) is 17.4 Å². The van der Waals surface area contributed by atoms with Crippen LogP contribution in [0.25, 0.3) is 21.3 Å². The van der Waals surface area contributed by atoms with Crippen LogP contribution in [0.2, 0.25) is 0 Å². The summed E-state index contributed by atoms with van der Waals surface area (Å²) < 4.78 is 0. The van der Waals surface area contributed by atoms with Gasteiger partial charge in [0.2, 0.25) is 0 Å². The number of thiophene rings is 1. The van der Waals surface area contributed by atoms with Crippen molar-refractivity contribution in [1.29, 1.82) is 0 Å². The van der Waals surface area contributed by atoms with Crippen molar-refractivity contribution in [2.75, 3.05) is 6.54 Å². The molecular weight excluding hydrogens is 354 g/mol. The number of aromatic amines is 1. The highest BCUT2D eigenvalue weighted by Crippen LogP contribution is 2.30. The highest BCUT2D eigenvalue weighted by molar-refractivity contribution is 7.17. The molecule has 1 atom stereocenters. The lowest BCUT2D eigenvalue weighted by atomic mass is 10.1. The molecule has 4 rings (SSSR count). The number of hydrogen-bond acceptors (Lipinski definition) is 3. The molecule has 0 fully saturated rings. The summed E-state index contributed by atoms with van der Waals surface area (Å²) in [5.74, 6) is 0.738. The molecule has 2 aromatic carbocycles. The molecule has 0 bridgehead atoms. The number of benzene rings is 2. The molecule has 4 nitrogen and oxygen atoms in total. The zero-order valence-electron chi connectivity index (χ0n) is 15.2. The van der Waals surface area contributed by atoms with Gasteiger partial charge < -0.3 is 10.3 Å². The summed E-state index contributed by atoms with van der Waals surface area (Å²) in [6, 6.07) is 20.5. The van der Waals surface area contributed by atoms with Gasteiger partial charge >= 0.3 is 0 Å². The van der Waals surface area contributed by atoms with E-state index in [2.05, 4.69) is 41.5 Å². The molecule has 136 valence electrons. The Labute approximate surface area is 161 Å². The van der Waals surface area contributed by atoms with Crippen molar-refractivity contribution < 1.29 is 5.32 Å². The van der Waals surface area contributed by atoms with Gasteiger partial charge in [0.05, 0.1) is 11.9 Å². The highest BCUT2D eigenvalue weighted by Gasteiger charge is 2.17. The first-order valence-electron chi connectivity index (χ1n) is 9.16. The Bertz CT molecular complexity index is 1090. The molecule has 27 heavy (non-hydrogen) atoms. The van der Waals surface area contributed by atoms with Gasteiger partial charge in [-0.2, -0.15) is 0 Å². The minimum absolute atomic E-state index is 0.0570. The Morgan fingerprint density at radius 3 is 2.52 bits per heavy atom. The number of hydrogen-bond donors (Lipinski definition) is 2. The minimum atomic E-state index is -0.0570. The Balaban J connectivity index is 1.54. The Morgan fingerprint density at radius 1 is 1.07 bits per heavy atom. The van der Waals surface area contributed by atoms with Gasteiger partial charge in [0.15, 0.2) is 5.82 Å². The largest absolute Gasteiger partial charge is 0.337 e. The molecule has 0 unspecified atom stereocenters. The van der Waals surface area contributed by atoms with Crippen LogP contribution in [0, 0.1) is 0 Å². The normalized spacial score (nSPS) is 12.3. The van der Waals surface area contributed by atoms with Crippen molar-refractivity contribution in [1.82, 2.24) is 9.97 Å². The first-order valence-corrected chi connectivity index (χ1v) is 10.0. The Kier molecular flexibility index (Phi) is 5.14. The maximum atomic E-state index is 12.8. The van der Waals surface area contributed by atoms with E-state index in [1.54, 1.807) is 0 Å². The van der Waals surface area contributed by atoms with E-state index in [1.165, 1.54) is 16.9 Å². The summed E-state index contributed by atoms with van der Waals surface area (Å²) in [6.07, 6.45) is 0.995. The lowest BCUT2D eigenvalue weighted by molar-refractivity contribution is -0.693. The average molecular weight is 377 g/mol. The zero-order chi connectivity index (χ0) is 18.6. The van der Waals surface area contributed by atoms with E-state index >= 15 is 0 Å². The van der Waals surface area contributed by atoms with Gasteiger partial charge in [0.1, 0.15) is 10.9 Å². The number of H-pyrrole nitrogens is 1. The van der Waals surface area contributed by atoms with Crippen LogP contribution in [0.4, 0.5) is 0 Å². The second-order valence-electron chi connectivity index (χ2n) is 6.70. The van der Waals surface area contributed by atoms with E-state index < -0.39 is 0 Å². The summed E-state index contributed by atoms with van der Waals surface area (Å²) in [5, 5.41) is 4.94. The fourth-order valence-corrected chi connectivity index (χ4v) is 4.22. The molecule has 0 saturated heterocycles. The number of nitrogens with two attached hydrogens (primary N) is 1. The van der Waals surface area contributed by atoms with E-state index in [1.807, 2.05) is 41.8 Å². The van der Waals surface area contributed by atoms with Gasteiger partial charge in [-0.15, -0.1) is 11.3 Å². The fraction of sp³-hybridized carbons (Fsp3) is 0.182. The van der Waals surface area contributed by atoms with Crippen LogP contribution in [-0.2, 0) is 6.42 Å². The van der Waals surface area contributed by atoms with E-state index in [4.69, 9.17) is 4.98 Å². The minimum Gasteiger partial charge on any atom is -0.337 e. The topological polar surface area (TPSA) is 62.4 Å². The van der Waals surface area contributed by atoms with Gasteiger partial charge in [-0.25, -0.2) is 4.98 Å². The lowest BCUT2D eigenvalue weighted by Crippen LogP contribution is -2.85. The molecule has 0 saturated carbocycles. The number of rotatable bonds is 6. The van der Waals surface area contributed by atoms with Gasteiger partial charge in [0.25, 0.3) is 5.56 Å². The maximum absolute atomic E-state index is 12.8. The Hall–Kier alpha value is -2.76. The third kappa shape index (κ3) is 3.84. The van der Waals surface area contributed by atoms with E-state index in [9.17, 15) is 4.79 Å².